The molecule has 0 amide bonds. The Morgan fingerprint density at radius 3 is 2.27 bits per heavy atom. The molecule has 0 spiro atoms. The summed E-state index contributed by atoms with van der Waals surface area (Å²) in [5, 5.41) is 11.4. The number of rotatable bonds is 6. The van der Waals surface area contributed by atoms with Gasteiger partial charge in [-0.2, -0.15) is 0 Å². The van der Waals surface area contributed by atoms with E-state index >= 15 is 0 Å². The summed E-state index contributed by atoms with van der Waals surface area (Å²) in [4.78, 5) is 23.5. The molecule has 0 bridgehead atoms. The molecule has 0 unspecified atom stereocenters. The Kier molecular flexibility index (Phi) is 5.66. The second kappa shape index (κ2) is 8.31. The van der Waals surface area contributed by atoms with Gasteiger partial charge in [-0.25, -0.2) is 4.79 Å². The smallest absolute Gasteiger partial charge is 0.343 e. The molecule has 5 nitrogen and oxygen atoms in total. The van der Waals surface area contributed by atoms with E-state index in [2.05, 4.69) is 0 Å². The van der Waals surface area contributed by atoms with Crippen LogP contribution >= 0.6 is 11.8 Å². The highest BCUT2D eigenvalue weighted by molar-refractivity contribution is 7.98. The molecule has 0 heterocycles. The summed E-state index contributed by atoms with van der Waals surface area (Å²) in [6.45, 7) is 0. The van der Waals surface area contributed by atoms with Crippen molar-refractivity contribution in [2.24, 2.45) is 0 Å². The fourth-order valence-electron chi connectivity index (χ4n) is 2.30. The third-order valence-electron chi connectivity index (χ3n) is 3.58. The molecule has 0 saturated carbocycles. The molecule has 0 aromatic heterocycles. The Morgan fingerprint density at radius 2 is 1.62 bits per heavy atom. The standard InChI is InChI=1S/C20H15NO4S/c22-20(16-9-5-2-6-10-16)25-17-11-12-19(18(13-17)21(23)24)26-14-15-7-3-1-4-8-15/h1-13H,14H2. The maximum atomic E-state index is 12.1. The molecule has 0 radical (unpaired) electrons. The molecule has 0 aliphatic carbocycles. The van der Waals surface area contributed by atoms with Crippen LogP contribution in [0.4, 0.5) is 5.69 Å². The van der Waals surface area contributed by atoms with E-state index in [0.29, 0.717) is 16.2 Å². The van der Waals surface area contributed by atoms with E-state index in [0.717, 1.165) is 5.56 Å². The van der Waals surface area contributed by atoms with Crippen LogP contribution < -0.4 is 4.74 Å². The Labute approximate surface area is 154 Å². The van der Waals surface area contributed by atoms with Crippen molar-refractivity contribution < 1.29 is 14.5 Å². The van der Waals surface area contributed by atoms with Gasteiger partial charge in [0.1, 0.15) is 5.75 Å². The van der Waals surface area contributed by atoms with Gasteiger partial charge < -0.3 is 4.74 Å². The number of benzene rings is 3. The molecule has 3 rings (SSSR count). The summed E-state index contributed by atoms with van der Waals surface area (Å²) < 4.78 is 5.26. The Balaban J connectivity index is 1.76. The van der Waals surface area contributed by atoms with E-state index in [1.165, 1.54) is 17.8 Å². The van der Waals surface area contributed by atoms with Crippen LogP contribution in [0.3, 0.4) is 0 Å². The third-order valence-corrected chi connectivity index (χ3v) is 4.72. The molecule has 3 aromatic rings. The fraction of sp³-hybridized carbons (Fsp3) is 0.0500. The molecular weight excluding hydrogens is 350 g/mol. The fourth-order valence-corrected chi connectivity index (χ4v) is 3.26. The number of hydrogen-bond acceptors (Lipinski definition) is 5. The number of nitro benzene ring substituents is 1. The van der Waals surface area contributed by atoms with Crippen molar-refractivity contribution in [2.45, 2.75) is 10.6 Å². The first-order valence-electron chi connectivity index (χ1n) is 7.86. The summed E-state index contributed by atoms with van der Waals surface area (Å²) in [7, 11) is 0. The van der Waals surface area contributed by atoms with Crippen molar-refractivity contribution in [1.29, 1.82) is 0 Å². The quantitative estimate of drug-likeness (QED) is 0.200. The van der Waals surface area contributed by atoms with Crippen LogP contribution in [0, 0.1) is 10.1 Å². The van der Waals surface area contributed by atoms with Gasteiger partial charge in [-0.15, -0.1) is 11.8 Å². The minimum Gasteiger partial charge on any atom is -0.423 e. The number of ether oxygens (including phenoxy) is 1. The van der Waals surface area contributed by atoms with Crippen molar-refractivity contribution in [3.63, 3.8) is 0 Å². The molecular formula is C20H15NO4S. The van der Waals surface area contributed by atoms with Gasteiger partial charge >= 0.3 is 5.97 Å². The molecule has 130 valence electrons. The lowest BCUT2D eigenvalue weighted by Crippen LogP contribution is -2.08. The predicted molar refractivity (Wildman–Crippen MR) is 100 cm³/mol. The largest absolute Gasteiger partial charge is 0.423 e. The van der Waals surface area contributed by atoms with Crippen LogP contribution in [-0.2, 0) is 5.75 Å². The molecule has 0 aliphatic rings. The van der Waals surface area contributed by atoms with E-state index in [9.17, 15) is 14.9 Å². The zero-order chi connectivity index (χ0) is 18.4. The number of carbonyl (C=O) groups excluding carboxylic acids is 1. The molecule has 0 N–H and O–H groups in total. The van der Waals surface area contributed by atoms with Gasteiger partial charge in [0.05, 0.1) is 21.4 Å². The number of thioether (sulfide) groups is 1. The molecule has 0 atom stereocenters. The second-order valence-corrected chi connectivity index (χ2v) is 6.43. The first-order chi connectivity index (χ1) is 12.6. The Hall–Kier alpha value is -3.12. The van der Waals surface area contributed by atoms with E-state index < -0.39 is 10.9 Å². The monoisotopic (exact) mass is 365 g/mol. The average molecular weight is 365 g/mol. The summed E-state index contributed by atoms with van der Waals surface area (Å²) in [5.41, 5.74) is 1.38. The maximum Gasteiger partial charge on any atom is 0.343 e. The Bertz CT molecular complexity index is 914. The summed E-state index contributed by atoms with van der Waals surface area (Å²) in [5.74, 6) is 0.212. The highest BCUT2D eigenvalue weighted by atomic mass is 32.2. The van der Waals surface area contributed by atoms with Crippen LogP contribution in [-0.4, -0.2) is 10.9 Å². The SMILES string of the molecule is O=C(Oc1ccc(SCc2ccccc2)c([N+](=O)[O-])c1)c1ccccc1. The number of hydrogen-bond donors (Lipinski definition) is 0. The summed E-state index contributed by atoms with van der Waals surface area (Å²) in [6, 6.07) is 22.7. The van der Waals surface area contributed by atoms with Gasteiger partial charge in [-0.1, -0.05) is 48.5 Å². The first-order valence-corrected chi connectivity index (χ1v) is 8.84. The van der Waals surface area contributed by atoms with Crippen molar-refractivity contribution in [1.82, 2.24) is 0 Å². The summed E-state index contributed by atoms with van der Waals surface area (Å²) in [6.07, 6.45) is 0. The third kappa shape index (κ3) is 4.49. The van der Waals surface area contributed by atoms with Crippen molar-refractivity contribution in [2.75, 3.05) is 0 Å². The van der Waals surface area contributed by atoms with Crippen LogP contribution in [0.1, 0.15) is 15.9 Å². The number of esters is 1. The van der Waals surface area contributed by atoms with Crippen LogP contribution in [0.5, 0.6) is 5.75 Å². The second-order valence-electron chi connectivity index (χ2n) is 5.42. The summed E-state index contributed by atoms with van der Waals surface area (Å²) >= 11 is 1.37. The first kappa shape index (κ1) is 17.7. The average Bonchev–Trinajstić information content (AvgIpc) is 2.68. The molecule has 26 heavy (non-hydrogen) atoms. The molecule has 3 aromatic carbocycles. The number of carbonyl (C=O) groups is 1. The highest BCUT2D eigenvalue weighted by Gasteiger charge is 2.17. The van der Waals surface area contributed by atoms with Gasteiger partial charge in [0, 0.05) is 5.75 Å². The minimum atomic E-state index is -0.551. The van der Waals surface area contributed by atoms with Gasteiger partial charge in [0.15, 0.2) is 0 Å². The van der Waals surface area contributed by atoms with Gasteiger partial charge in [-0.05, 0) is 29.8 Å². The molecule has 0 saturated heterocycles. The van der Waals surface area contributed by atoms with Crippen LogP contribution in [0.15, 0.2) is 83.8 Å². The van der Waals surface area contributed by atoms with E-state index in [1.54, 1.807) is 42.5 Å². The highest BCUT2D eigenvalue weighted by Crippen LogP contribution is 2.34. The molecule has 6 heteroatoms. The number of nitro groups is 1. The van der Waals surface area contributed by atoms with Crippen molar-refractivity contribution in [3.05, 3.63) is 100 Å². The normalized spacial score (nSPS) is 10.3. The van der Waals surface area contributed by atoms with E-state index in [4.69, 9.17) is 4.74 Å². The zero-order valence-corrected chi connectivity index (χ0v) is 14.5. The zero-order valence-electron chi connectivity index (χ0n) is 13.7. The predicted octanol–water partition coefficient (Wildman–Crippen LogP) is 5.11. The van der Waals surface area contributed by atoms with E-state index in [-0.39, 0.29) is 11.4 Å². The lowest BCUT2D eigenvalue weighted by molar-refractivity contribution is -0.387. The number of nitrogens with zero attached hydrogens (tertiary/aromatic N) is 1. The van der Waals surface area contributed by atoms with Gasteiger partial charge in [-0.3, -0.25) is 10.1 Å². The molecule has 0 aliphatic heterocycles. The van der Waals surface area contributed by atoms with Crippen molar-refractivity contribution >= 4 is 23.4 Å². The van der Waals surface area contributed by atoms with Crippen molar-refractivity contribution in [3.8, 4) is 5.75 Å². The van der Waals surface area contributed by atoms with Crippen LogP contribution in [0.25, 0.3) is 0 Å². The van der Waals surface area contributed by atoms with E-state index in [1.807, 2.05) is 30.3 Å². The minimum absolute atomic E-state index is 0.0794. The van der Waals surface area contributed by atoms with Crippen LogP contribution in [0.2, 0.25) is 0 Å². The Morgan fingerprint density at radius 1 is 0.962 bits per heavy atom. The topological polar surface area (TPSA) is 69.4 Å². The van der Waals surface area contributed by atoms with Gasteiger partial charge in [0.2, 0.25) is 0 Å². The maximum absolute atomic E-state index is 12.1. The van der Waals surface area contributed by atoms with Gasteiger partial charge in [0.25, 0.3) is 5.69 Å². The lowest BCUT2D eigenvalue weighted by atomic mass is 10.2. The lowest BCUT2D eigenvalue weighted by Gasteiger charge is -2.07. The molecule has 0 fully saturated rings.